The first kappa shape index (κ1) is 12.1. The first-order chi connectivity index (χ1) is 7.75. The summed E-state index contributed by atoms with van der Waals surface area (Å²) in [6.45, 7) is 1.87. The van der Waals surface area contributed by atoms with Gasteiger partial charge in [-0.1, -0.05) is 24.3 Å². The molecule has 1 unspecified atom stereocenters. The fraction of sp³-hybridized carbons (Fsp3) is 0.308. The molecule has 2 aromatic rings. The van der Waals surface area contributed by atoms with Gasteiger partial charge in [-0.05, 0) is 18.4 Å². The number of hydrogen-bond donors (Lipinski definition) is 1. The van der Waals surface area contributed by atoms with Crippen LogP contribution in [0.3, 0.4) is 0 Å². The minimum Gasteiger partial charge on any atom is -0.441 e. The molecule has 0 amide bonds. The lowest BCUT2D eigenvalue weighted by atomic mass is 10.0. The van der Waals surface area contributed by atoms with E-state index in [4.69, 9.17) is 10.2 Å². The normalized spacial score (nSPS) is 17.6. The maximum absolute atomic E-state index is 6.12. The SMILES string of the molecule is Cc1nc2c(o1)-c1ccccc1CCC2N.Cl. The van der Waals surface area contributed by atoms with Gasteiger partial charge in [-0.3, -0.25) is 0 Å². The van der Waals surface area contributed by atoms with Crippen molar-refractivity contribution < 1.29 is 4.42 Å². The van der Waals surface area contributed by atoms with Gasteiger partial charge < -0.3 is 10.2 Å². The zero-order valence-electron chi connectivity index (χ0n) is 9.64. The molecule has 1 aliphatic rings. The van der Waals surface area contributed by atoms with Gasteiger partial charge in [0.25, 0.3) is 0 Å². The third-order valence-electron chi connectivity index (χ3n) is 3.10. The van der Waals surface area contributed by atoms with E-state index in [-0.39, 0.29) is 18.4 Å². The van der Waals surface area contributed by atoms with E-state index in [9.17, 15) is 0 Å². The van der Waals surface area contributed by atoms with Crippen LogP contribution in [-0.4, -0.2) is 4.98 Å². The molecule has 0 spiro atoms. The smallest absolute Gasteiger partial charge is 0.192 e. The summed E-state index contributed by atoms with van der Waals surface area (Å²) in [5.74, 6) is 1.55. The molecule has 0 saturated heterocycles. The number of nitrogens with two attached hydrogens (primary N) is 1. The van der Waals surface area contributed by atoms with Crippen molar-refractivity contribution in [2.45, 2.75) is 25.8 Å². The number of hydrogen-bond acceptors (Lipinski definition) is 3. The summed E-state index contributed by atoms with van der Waals surface area (Å²) in [6.07, 6.45) is 1.91. The number of aromatic nitrogens is 1. The fourth-order valence-electron chi connectivity index (χ4n) is 2.30. The number of rotatable bonds is 0. The summed E-state index contributed by atoms with van der Waals surface area (Å²) in [5.41, 5.74) is 9.47. The van der Waals surface area contributed by atoms with E-state index in [0.717, 1.165) is 29.9 Å². The van der Waals surface area contributed by atoms with Gasteiger partial charge in [-0.25, -0.2) is 4.98 Å². The molecule has 90 valence electrons. The van der Waals surface area contributed by atoms with Crippen LogP contribution in [-0.2, 0) is 6.42 Å². The van der Waals surface area contributed by atoms with Crippen LogP contribution >= 0.6 is 12.4 Å². The largest absolute Gasteiger partial charge is 0.441 e. The first-order valence-corrected chi connectivity index (χ1v) is 5.57. The molecular weight excluding hydrogens is 236 g/mol. The average molecular weight is 251 g/mol. The van der Waals surface area contributed by atoms with Crippen molar-refractivity contribution in [3.05, 3.63) is 41.4 Å². The van der Waals surface area contributed by atoms with E-state index in [2.05, 4.69) is 23.2 Å². The lowest BCUT2D eigenvalue weighted by molar-refractivity contribution is 0.533. The van der Waals surface area contributed by atoms with E-state index >= 15 is 0 Å². The maximum Gasteiger partial charge on any atom is 0.192 e. The zero-order valence-corrected chi connectivity index (χ0v) is 10.5. The van der Waals surface area contributed by atoms with Crippen molar-refractivity contribution in [3.63, 3.8) is 0 Å². The molecule has 0 fully saturated rings. The van der Waals surface area contributed by atoms with Gasteiger partial charge in [0.05, 0.1) is 6.04 Å². The highest BCUT2D eigenvalue weighted by molar-refractivity contribution is 5.85. The molecule has 1 heterocycles. The second-order valence-corrected chi connectivity index (χ2v) is 4.25. The Bertz CT molecular complexity index is 536. The molecule has 0 aliphatic heterocycles. The van der Waals surface area contributed by atoms with Gasteiger partial charge in [-0.2, -0.15) is 0 Å². The Morgan fingerprint density at radius 3 is 2.94 bits per heavy atom. The van der Waals surface area contributed by atoms with Crippen LogP contribution in [0.25, 0.3) is 11.3 Å². The number of halogens is 1. The van der Waals surface area contributed by atoms with Gasteiger partial charge in [0.2, 0.25) is 0 Å². The zero-order chi connectivity index (χ0) is 11.1. The number of fused-ring (bicyclic) bond motifs is 3. The van der Waals surface area contributed by atoms with E-state index in [1.807, 2.05) is 13.0 Å². The Labute approximate surface area is 106 Å². The molecule has 1 aromatic heterocycles. The summed E-state index contributed by atoms with van der Waals surface area (Å²) < 4.78 is 5.69. The quantitative estimate of drug-likeness (QED) is 0.782. The Kier molecular flexibility index (Phi) is 3.22. The van der Waals surface area contributed by atoms with Crippen LogP contribution in [0, 0.1) is 6.92 Å². The molecule has 3 rings (SSSR count). The molecular formula is C13H15ClN2O. The monoisotopic (exact) mass is 250 g/mol. The fourth-order valence-corrected chi connectivity index (χ4v) is 2.30. The van der Waals surface area contributed by atoms with Gasteiger partial charge in [0, 0.05) is 12.5 Å². The van der Waals surface area contributed by atoms with E-state index in [1.54, 1.807) is 0 Å². The highest BCUT2D eigenvalue weighted by Crippen LogP contribution is 2.36. The van der Waals surface area contributed by atoms with Crippen molar-refractivity contribution in [2.24, 2.45) is 5.73 Å². The number of benzene rings is 1. The summed E-state index contributed by atoms with van der Waals surface area (Å²) in [5, 5.41) is 0. The van der Waals surface area contributed by atoms with E-state index in [1.165, 1.54) is 5.56 Å². The number of aryl methyl sites for hydroxylation is 2. The third-order valence-corrected chi connectivity index (χ3v) is 3.10. The Hall–Kier alpha value is -1.32. The van der Waals surface area contributed by atoms with Crippen molar-refractivity contribution in [1.82, 2.24) is 4.98 Å². The molecule has 3 nitrogen and oxygen atoms in total. The third kappa shape index (κ3) is 1.96. The minimum absolute atomic E-state index is 0. The van der Waals surface area contributed by atoms with E-state index in [0.29, 0.717) is 5.89 Å². The predicted molar refractivity (Wildman–Crippen MR) is 69.2 cm³/mol. The second kappa shape index (κ2) is 4.51. The highest BCUT2D eigenvalue weighted by Gasteiger charge is 2.24. The van der Waals surface area contributed by atoms with Crippen LogP contribution in [0.5, 0.6) is 0 Å². The Morgan fingerprint density at radius 2 is 2.12 bits per heavy atom. The molecule has 1 aliphatic carbocycles. The van der Waals surface area contributed by atoms with Crippen LogP contribution < -0.4 is 5.73 Å². The van der Waals surface area contributed by atoms with Crippen LogP contribution in [0.2, 0.25) is 0 Å². The number of oxazole rings is 1. The van der Waals surface area contributed by atoms with Crippen molar-refractivity contribution in [1.29, 1.82) is 0 Å². The van der Waals surface area contributed by atoms with E-state index < -0.39 is 0 Å². The Balaban J connectivity index is 0.00000108. The molecule has 1 atom stereocenters. The molecule has 17 heavy (non-hydrogen) atoms. The standard InChI is InChI=1S/C13H14N2O.ClH/c1-8-15-12-11(14)7-6-9-4-2-3-5-10(9)13(12)16-8;/h2-5,11H,6-7,14H2,1H3;1H. The second-order valence-electron chi connectivity index (χ2n) is 4.25. The van der Waals surface area contributed by atoms with Gasteiger partial charge in [0.1, 0.15) is 5.69 Å². The summed E-state index contributed by atoms with van der Waals surface area (Å²) in [6, 6.07) is 8.28. The Morgan fingerprint density at radius 1 is 1.35 bits per heavy atom. The predicted octanol–water partition coefficient (Wildman–Crippen LogP) is 3.02. The molecule has 1 aromatic carbocycles. The van der Waals surface area contributed by atoms with Gasteiger partial charge in [0.15, 0.2) is 11.7 Å². The van der Waals surface area contributed by atoms with Gasteiger partial charge in [-0.15, -0.1) is 12.4 Å². The minimum atomic E-state index is -0.0140. The molecule has 4 heteroatoms. The summed E-state index contributed by atoms with van der Waals surface area (Å²) >= 11 is 0. The van der Waals surface area contributed by atoms with Crippen molar-refractivity contribution in [3.8, 4) is 11.3 Å². The molecule has 0 radical (unpaired) electrons. The lowest BCUT2D eigenvalue weighted by Gasteiger charge is -2.04. The van der Waals surface area contributed by atoms with Gasteiger partial charge >= 0.3 is 0 Å². The molecule has 0 bridgehead atoms. The van der Waals surface area contributed by atoms with Crippen molar-refractivity contribution >= 4 is 12.4 Å². The van der Waals surface area contributed by atoms with Crippen LogP contribution in [0.1, 0.15) is 29.6 Å². The molecule has 2 N–H and O–H groups in total. The number of nitrogens with zero attached hydrogens (tertiary/aromatic N) is 1. The molecule has 0 saturated carbocycles. The topological polar surface area (TPSA) is 52.0 Å². The van der Waals surface area contributed by atoms with Crippen molar-refractivity contribution in [2.75, 3.05) is 0 Å². The average Bonchev–Trinajstić information content (AvgIpc) is 2.63. The lowest BCUT2D eigenvalue weighted by Crippen LogP contribution is -2.10. The van der Waals surface area contributed by atoms with Crippen LogP contribution in [0.15, 0.2) is 28.7 Å². The maximum atomic E-state index is 6.12. The first-order valence-electron chi connectivity index (χ1n) is 5.57. The highest BCUT2D eigenvalue weighted by atomic mass is 35.5. The van der Waals surface area contributed by atoms with Crippen LogP contribution in [0.4, 0.5) is 0 Å². The summed E-state index contributed by atoms with van der Waals surface area (Å²) in [7, 11) is 0. The summed E-state index contributed by atoms with van der Waals surface area (Å²) in [4.78, 5) is 4.40.